The summed E-state index contributed by atoms with van der Waals surface area (Å²) in [5.74, 6) is 1.91. The van der Waals surface area contributed by atoms with Gasteiger partial charge in [-0.15, -0.1) is 0 Å². The predicted octanol–water partition coefficient (Wildman–Crippen LogP) is 2.38. The molecule has 2 N–H and O–H groups in total. The number of hydrogen-bond acceptors (Lipinski definition) is 4. The fourth-order valence-corrected chi connectivity index (χ4v) is 1.61. The molecule has 0 aliphatic carbocycles. The zero-order valence-electron chi connectivity index (χ0n) is 11.6. The number of rotatable bonds is 7. The Labute approximate surface area is 109 Å². The van der Waals surface area contributed by atoms with Crippen molar-refractivity contribution in [2.24, 2.45) is 11.7 Å². The van der Waals surface area contributed by atoms with Crippen LogP contribution in [0.4, 0.5) is 0 Å². The van der Waals surface area contributed by atoms with Crippen molar-refractivity contribution in [3.05, 3.63) is 23.8 Å². The Morgan fingerprint density at radius 3 is 2.28 bits per heavy atom. The first-order chi connectivity index (χ1) is 8.58. The van der Waals surface area contributed by atoms with Crippen LogP contribution in [0.15, 0.2) is 18.2 Å². The molecule has 1 aromatic rings. The van der Waals surface area contributed by atoms with Crippen molar-refractivity contribution in [2.45, 2.75) is 19.9 Å². The Bertz CT molecular complexity index is 366. The van der Waals surface area contributed by atoms with Crippen molar-refractivity contribution >= 4 is 0 Å². The Morgan fingerprint density at radius 1 is 1.06 bits per heavy atom. The minimum Gasteiger partial charge on any atom is -0.493 e. The molecule has 0 fully saturated rings. The van der Waals surface area contributed by atoms with Gasteiger partial charge in [-0.05, 0) is 23.6 Å². The first-order valence-electron chi connectivity index (χ1n) is 6.13. The van der Waals surface area contributed by atoms with Crippen LogP contribution in [0, 0.1) is 5.92 Å². The number of nitrogens with two attached hydrogens (primary N) is 1. The van der Waals surface area contributed by atoms with E-state index in [1.807, 2.05) is 18.2 Å². The molecule has 4 heteroatoms. The van der Waals surface area contributed by atoms with Crippen molar-refractivity contribution in [1.82, 2.24) is 0 Å². The lowest BCUT2D eigenvalue weighted by Crippen LogP contribution is -2.18. The molecule has 0 saturated heterocycles. The molecule has 0 bridgehead atoms. The van der Waals surface area contributed by atoms with Gasteiger partial charge in [-0.1, -0.05) is 19.9 Å². The SMILES string of the molecule is COc1ccc(C(N)COCC(C)C)cc1OC. The van der Waals surface area contributed by atoms with Gasteiger partial charge in [-0.25, -0.2) is 0 Å². The molecule has 1 aromatic carbocycles. The molecule has 0 saturated carbocycles. The lowest BCUT2D eigenvalue weighted by molar-refractivity contribution is 0.0983. The van der Waals surface area contributed by atoms with Crippen molar-refractivity contribution in [1.29, 1.82) is 0 Å². The predicted molar refractivity (Wildman–Crippen MR) is 72.1 cm³/mol. The van der Waals surface area contributed by atoms with Crippen LogP contribution in [-0.2, 0) is 4.74 Å². The second kappa shape index (κ2) is 7.24. The van der Waals surface area contributed by atoms with E-state index in [0.717, 1.165) is 12.2 Å². The summed E-state index contributed by atoms with van der Waals surface area (Å²) in [6.45, 7) is 5.46. The molecule has 1 unspecified atom stereocenters. The molecule has 4 nitrogen and oxygen atoms in total. The van der Waals surface area contributed by atoms with Crippen molar-refractivity contribution in [2.75, 3.05) is 27.4 Å². The van der Waals surface area contributed by atoms with Crippen LogP contribution in [0.1, 0.15) is 25.5 Å². The summed E-state index contributed by atoms with van der Waals surface area (Å²) < 4.78 is 16.0. The van der Waals surface area contributed by atoms with Gasteiger partial charge in [0.05, 0.1) is 26.9 Å². The number of benzene rings is 1. The molecule has 1 atom stereocenters. The summed E-state index contributed by atoms with van der Waals surface area (Å²) in [4.78, 5) is 0. The van der Waals surface area contributed by atoms with Crippen LogP contribution >= 0.6 is 0 Å². The Hall–Kier alpha value is -1.26. The standard InChI is InChI=1S/C14H23NO3/c1-10(2)8-18-9-12(15)11-5-6-13(16-3)14(7-11)17-4/h5-7,10,12H,8-9,15H2,1-4H3. The van der Waals surface area contributed by atoms with E-state index >= 15 is 0 Å². The highest BCUT2D eigenvalue weighted by Crippen LogP contribution is 2.29. The average Bonchev–Trinajstić information content (AvgIpc) is 2.37. The molecular formula is C14H23NO3. The summed E-state index contributed by atoms with van der Waals surface area (Å²) in [5.41, 5.74) is 7.06. The van der Waals surface area contributed by atoms with E-state index in [-0.39, 0.29) is 6.04 Å². The third-order valence-corrected chi connectivity index (χ3v) is 2.58. The van der Waals surface area contributed by atoms with Gasteiger partial charge in [0.1, 0.15) is 0 Å². The minimum atomic E-state index is -0.149. The van der Waals surface area contributed by atoms with Crippen LogP contribution in [0.3, 0.4) is 0 Å². The highest BCUT2D eigenvalue weighted by atomic mass is 16.5. The van der Waals surface area contributed by atoms with E-state index in [2.05, 4.69) is 13.8 Å². The van der Waals surface area contributed by atoms with E-state index in [4.69, 9.17) is 19.9 Å². The Kier molecular flexibility index (Phi) is 5.95. The van der Waals surface area contributed by atoms with Crippen LogP contribution in [0.2, 0.25) is 0 Å². The van der Waals surface area contributed by atoms with Gasteiger partial charge in [-0.3, -0.25) is 0 Å². The van der Waals surface area contributed by atoms with Crippen molar-refractivity contribution in [3.63, 3.8) is 0 Å². The number of ether oxygens (including phenoxy) is 3. The third-order valence-electron chi connectivity index (χ3n) is 2.58. The lowest BCUT2D eigenvalue weighted by Gasteiger charge is -2.16. The maximum atomic E-state index is 6.07. The highest BCUT2D eigenvalue weighted by molar-refractivity contribution is 5.43. The van der Waals surface area contributed by atoms with Gasteiger partial charge in [0, 0.05) is 6.61 Å². The molecule has 0 aromatic heterocycles. The van der Waals surface area contributed by atoms with Crippen molar-refractivity contribution < 1.29 is 14.2 Å². The highest BCUT2D eigenvalue weighted by Gasteiger charge is 2.11. The molecule has 0 radical (unpaired) electrons. The molecule has 0 spiro atoms. The molecule has 18 heavy (non-hydrogen) atoms. The summed E-state index contributed by atoms with van der Waals surface area (Å²) in [5, 5.41) is 0. The van der Waals surface area contributed by atoms with Gasteiger partial charge in [-0.2, -0.15) is 0 Å². The van der Waals surface area contributed by atoms with Crippen LogP contribution in [0.5, 0.6) is 11.5 Å². The zero-order chi connectivity index (χ0) is 13.5. The van der Waals surface area contributed by atoms with Gasteiger partial charge < -0.3 is 19.9 Å². The Balaban J connectivity index is 2.65. The first kappa shape index (κ1) is 14.8. The monoisotopic (exact) mass is 253 g/mol. The quantitative estimate of drug-likeness (QED) is 0.810. The Morgan fingerprint density at radius 2 is 1.72 bits per heavy atom. The van der Waals surface area contributed by atoms with Gasteiger partial charge in [0.25, 0.3) is 0 Å². The van der Waals surface area contributed by atoms with Crippen LogP contribution in [-0.4, -0.2) is 27.4 Å². The fraction of sp³-hybridized carbons (Fsp3) is 0.571. The molecule has 0 amide bonds. The third kappa shape index (κ3) is 4.20. The largest absolute Gasteiger partial charge is 0.493 e. The molecule has 0 aliphatic rings. The second-order valence-corrected chi connectivity index (χ2v) is 4.65. The van der Waals surface area contributed by atoms with E-state index < -0.39 is 0 Å². The van der Waals surface area contributed by atoms with E-state index in [1.54, 1.807) is 14.2 Å². The normalized spacial score (nSPS) is 12.6. The van der Waals surface area contributed by atoms with E-state index in [1.165, 1.54) is 0 Å². The fourth-order valence-electron chi connectivity index (χ4n) is 1.61. The van der Waals surface area contributed by atoms with E-state index in [0.29, 0.717) is 24.0 Å². The smallest absolute Gasteiger partial charge is 0.161 e. The summed E-state index contributed by atoms with van der Waals surface area (Å²) in [6.07, 6.45) is 0. The molecule has 0 heterocycles. The van der Waals surface area contributed by atoms with Crippen LogP contribution < -0.4 is 15.2 Å². The lowest BCUT2D eigenvalue weighted by atomic mass is 10.1. The van der Waals surface area contributed by atoms with Gasteiger partial charge in [0.15, 0.2) is 11.5 Å². The average molecular weight is 253 g/mol. The van der Waals surface area contributed by atoms with E-state index in [9.17, 15) is 0 Å². The summed E-state index contributed by atoms with van der Waals surface area (Å²) in [7, 11) is 3.23. The second-order valence-electron chi connectivity index (χ2n) is 4.65. The summed E-state index contributed by atoms with van der Waals surface area (Å²) in [6, 6.07) is 5.53. The minimum absolute atomic E-state index is 0.149. The summed E-state index contributed by atoms with van der Waals surface area (Å²) >= 11 is 0. The molecule has 1 rings (SSSR count). The first-order valence-corrected chi connectivity index (χ1v) is 6.13. The maximum Gasteiger partial charge on any atom is 0.161 e. The van der Waals surface area contributed by atoms with Crippen molar-refractivity contribution in [3.8, 4) is 11.5 Å². The molecular weight excluding hydrogens is 230 g/mol. The number of hydrogen-bond donors (Lipinski definition) is 1. The number of methoxy groups -OCH3 is 2. The van der Waals surface area contributed by atoms with Gasteiger partial charge >= 0.3 is 0 Å². The molecule has 102 valence electrons. The maximum absolute atomic E-state index is 6.07. The molecule has 0 aliphatic heterocycles. The van der Waals surface area contributed by atoms with Crippen LogP contribution in [0.25, 0.3) is 0 Å². The van der Waals surface area contributed by atoms with Gasteiger partial charge in [0.2, 0.25) is 0 Å². The zero-order valence-corrected chi connectivity index (χ0v) is 11.6. The topological polar surface area (TPSA) is 53.7 Å².